The van der Waals surface area contributed by atoms with Gasteiger partial charge in [-0.05, 0) is 45.2 Å². The summed E-state index contributed by atoms with van der Waals surface area (Å²) in [7, 11) is 0. The second-order valence-electron chi connectivity index (χ2n) is 5.75. The van der Waals surface area contributed by atoms with Gasteiger partial charge in [0.15, 0.2) is 0 Å². The van der Waals surface area contributed by atoms with Gasteiger partial charge < -0.3 is 11.1 Å². The van der Waals surface area contributed by atoms with Crippen LogP contribution in [0.25, 0.3) is 0 Å². The maximum Gasteiger partial charge on any atom is 0.00411 e. The highest BCUT2D eigenvalue weighted by Gasteiger charge is 2.02. The number of hydrogen-bond donors (Lipinski definition) is 2. The molecule has 0 aromatic heterocycles. The lowest BCUT2D eigenvalue weighted by Gasteiger charge is -2.15. The average Bonchev–Trinajstić information content (AvgIpc) is 2.26. The normalized spacial score (nSPS) is 13.2. The van der Waals surface area contributed by atoms with Crippen LogP contribution in [0.15, 0.2) is 0 Å². The van der Waals surface area contributed by atoms with Crippen LogP contribution in [0, 0.1) is 5.92 Å². The fraction of sp³-hybridized carbons (Fsp3) is 1.00. The molecule has 0 radical (unpaired) electrons. The van der Waals surface area contributed by atoms with Crippen molar-refractivity contribution in [2.24, 2.45) is 11.7 Å². The molecule has 0 aliphatic heterocycles. The third-order valence-corrected chi connectivity index (χ3v) is 3.20. The molecule has 1 atom stereocenters. The summed E-state index contributed by atoms with van der Waals surface area (Å²) in [5.74, 6) is 0.806. The third-order valence-electron chi connectivity index (χ3n) is 3.20. The highest BCUT2D eigenvalue weighted by atomic mass is 14.9. The molecule has 2 heteroatoms. The molecule has 0 spiro atoms. The fourth-order valence-corrected chi connectivity index (χ4v) is 2.29. The molecule has 0 aromatic rings. The Morgan fingerprint density at radius 3 is 1.88 bits per heavy atom. The van der Waals surface area contributed by atoms with E-state index in [0.717, 1.165) is 12.5 Å². The number of hydrogen-bond acceptors (Lipinski definition) is 2. The second kappa shape index (κ2) is 12.4. The monoisotopic (exact) mass is 242 g/mol. The van der Waals surface area contributed by atoms with Gasteiger partial charge in [-0.15, -0.1) is 0 Å². The zero-order valence-electron chi connectivity index (χ0n) is 12.3. The Balaban J connectivity index is 3.07. The first kappa shape index (κ1) is 16.9. The van der Waals surface area contributed by atoms with Crippen LogP contribution in [-0.2, 0) is 0 Å². The fourth-order valence-electron chi connectivity index (χ4n) is 2.29. The quantitative estimate of drug-likeness (QED) is 0.512. The summed E-state index contributed by atoms with van der Waals surface area (Å²) < 4.78 is 0. The van der Waals surface area contributed by atoms with E-state index in [1.54, 1.807) is 0 Å². The Hall–Kier alpha value is -0.0800. The van der Waals surface area contributed by atoms with Crippen molar-refractivity contribution in [2.45, 2.75) is 78.2 Å². The van der Waals surface area contributed by atoms with Gasteiger partial charge in [-0.3, -0.25) is 0 Å². The largest absolute Gasteiger partial charge is 0.330 e. The molecular formula is C15H34N2. The Bertz CT molecular complexity index is 146. The van der Waals surface area contributed by atoms with E-state index in [1.165, 1.54) is 57.9 Å². The van der Waals surface area contributed by atoms with E-state index in [9.17, 15) is 0 Å². The highest BCUT2D eigenvalue weighted by Crippen LogP contribution is 2.07. The van der Waals surface area contributed by atoms with Crippen LogP contribution in [-0.4, -0.2) is 19.1 Å². The number of nitrogens with two attached hydrogens (primary N) is 1. The molecule has 0 fully saturated rings. The van der Waals surface area contributed by atoms with Crippen LogP contribution in [0.4, 0.5) is 0 Å². The van der Waals surface area contributed by atoms with Gasteiger partial charge in [0.2, 0.25) is 0 Å². The number of nitrogens with one attached hydrogen (secondary N) is 1. The molecule has 1 unspecified atom stereocenters. The van der Waals surface area contributed by atoms with Crippen LogP contribution < -0.4 is 11.1 Å². The number of rotatable bonds is 12. The van der Waals surface area contributed by atoms with Gasteiger partial charge in [0, 0.05) is 6.04 Å². The molecule has 0 heterocycles. The maximum atomic E-state index is 5.46. The topological polar surface area (TPSA) is 38.0 Å². The predicted molar refractivity (Wildman–Crippen MR) is 78.3 cm³/mol. The third kappa shape index (κ3) is 13.9. The van der Waals surface area contributed by atoms with Gasteiger partial charge in [0.05, 0.1) is 0 Å². The highest BCUT2D eigenvalue weighted by molar-refractivity contribution is 4.62. The van der Waals surface area contributed by atoms with Crippen LogP contribution in [0.5, 0.6) is 0 Å². The smallest absolute Gasteiger partial charge is 0.00411 e. The first-order valence-electron chi connectivity index (χ1n) is 7.60. The first-order valence-corrected chi connectivity index (χ1v) is 7.60. The zero-order valence-corrected chi connectivity index (χ0v) is 12.3. The molecule has 0 aliphatic rings. The maximum absolute atomic E-state index is 5.46. The van der Waals surface area contributed by atoms with Crippen molar-refractivity contribution < 1.29 is 0 Å². The van der Waals surface area contributed by atoms with E-state index < -0.39 is 0 Å². The van der Waals surface area contributed by atoms with Gasteiger partial charge in [-0.25, -0.2) is 0 Å². The first-order chi connectivity index (χ1) is 8.16. The molecule has 0 aliphatic carbocycles. The Kier molecular flexibility index (Phi) is 12.3. The zero-order chi connectivity index (χ0) is 12.9. The molecule has 0 aromatic carbocycles. The van der Waals surface area contributed by atoms with Crippen molar-refractivity contribution >= 4 is 0 Å². The summed E-state index contributed by atoms with van der Waals surface area (Å²) in [4.78, 5) is 0. The summed E-state index contributed by atoms with van der Waals surface area (Å²) >= 11 is 0. The summed E-state index contributed by atoms with van der Waals surface area (Å²) in [5, 5.41) is 3.61. The van der Waals surface area contributed by atoms with E-state index in [1.807, 2.05) is 0 Å². The van der Waals surface area contributed by atoms with E-state index >= 15 is 0 Å². The Morgan fingerprint density at radius 2 is 1.35 bits per heavy atom. The molecule has 0 saturated carbocycles. The van der Waals surface area contributed by atoms with Crippen molar-refractivity contribution in [3.8, 4) is 0 Å². The van der Waals surface area contributed by atoms with E-state index in [-0.39, 0.29) is 0 Å². The van der Waals surface area contributed by atoms with Gasteiger partial charge in [-0.2, -0.15) is 0 Å². The average molecular weight is 242 g/mol. The predicted octanol–water partition coefficient (Wildman–Crippen LogP) is 3.70. The molecule has 3 N–H and O–H groups in total. The van der Waals surface area contributed by atoms with E-state index in [2.05, 4.69) is 26.1 Å². The molecular weight excluding hydrogens is 208 g/mol. The minimum absolute atomic E-state index is 0.680. The van der Waals surface area contributed by atoms with E-state index in [0.29, 0.717) is 6.04 Å². The minimum Gasteiger partial charge on any atom is -0.330 e. The molecule has 2 nitrogen and oxygen atoms in total. The van der Waals surface area contributed by atoms with Crippen molar-refractivity contribution in [2.75, 3.05) is 13.1 Å². The van der Waals surface area contributed by atoms with Crippen LogP contribution in [0.2, 0.25) is 0 Å². The summed E-state index contributed by atoms with van der Waals surface area (Å²) in [6.45, 7) is 8.93. The SMILES string of the molecule is CC(C)CC(C)NCCCCCCCCCN. The Morgan fingerprint density at radius 1 is 0.824 bits per heavy atom. The lowest BCUT2D eigenvalue weighted by molar-refractivity contribution is 0.434. The molecule has 17 heavy (non-hydrogen) atoms. The minimum atomic E-state index is 0.680. The molecule has 0 bridgehead atoms. The van der Waals surface area contributed by atoms with Crippen molar-refractivity contribution in [1.82, 2.24) is 5.32 Å². The van der Waals surface area contributed by atoms with Crippen LogP contribution >= 0.6 is 0 Å². The molecule has 0 amide bonds. The lowest BCUT2D eigenvalue weighted by atomic mass is 10.0. The molecule has 104 valence electrons. The van der Waals surface area contributed by atoms with E-state index in [4.69, 9.17) is 5.73 Å². The van der Waals surface area contributed by atoms with Gasteiger partial charge >= 0.3 is 0 Å². The van der Waals surface area contributed by atoms with Crippen LogP contribution in [0.3, 0.4) is 0 Å². The van der Waals surface area contributed by atoms with Gasteiger partial charge in [0.25, 0.3) is 0 Å². The van der Waals surface area contributed by atoms with Gasteiger partial charge in [0.1, 0.15) is 0 Å². The van der Waals surface area contributed by atoms with Crippen LogP contribution in [0.1, 0.15) is 72.1 Å². The van der Waals surface area contributed by atoms with Crippen molar-refractivity contribution in [1.29, 1.82) is 0 Å². The second-order valence-corrected chi connectivity index (χ2v) is 5.75. The van der Waals surface area contributed by atoms with Crippen molar-refractivity contribution in [3.63, 3.8) is 0 Å². The Labute approximate surface area is 109 Å². The summed E-state index contributed by atoms with van der Waals surface area (Å²) in [5.41, 5.74) is 5.46. The molecule has 0 rings (SSSR count). The molecule has 0 saturated heterocycles. The van der Waals surface area contributed by atoms with Crippen molar-refractivity contribution in [3.05, 3.63) is 0 Å². The summed E-state index contributed by atoms with van der Waals surface area (Å²) in [6.07, 6.45) is 10.7. The van der Waals surface area contributed by atoms with Gasteiger partial charge in [-0.1, -0.05) is 46.0 Å². The summed E-state index contributed by atoms with van der Waals surface area (Å²) in [6, 6.07) is 0.680. The number of unbranched alkanes of at least 4 members (excludes halogenated alkanes) is 6. The standard InChI is InChI=1S/C15H34N2/c1-14(2)13-15(3)17-12-10-8-6-4-5-7-9-11-16/h14-15,17H,4-13,16H2,1-3H3. The lowest BCUT2D eigenvalue weighted by Crippen LogP contribution is -2.28.